The fraction of sp³-hybridized carbons (Fsp3) is 0.727. The first-order valence-electron chi connectivity index (χ1n) is 6.33. The predicted molar refractivity (Wildman–Crippen MR) is 71.8 cm³/mol. The predicted octanol–water partition coefficient (Wildman–Crippen LogP) is 0.879. The molecule has 20 heavy (non-hydrogen) atoms. The van der Waals surface area contributed by atoms with E-state index in [4.69, 9.17) is 4.42 Å². The van der Waals surface area contributed by atoms with Crippen molar-refractivity contribution < 1.29 is 17.6 Å². The number of carbonyl (C=O) groups excluding carboxylic acids is 1. The fourth-order valence-electron chi connectivity index (χ4n) is 1.44. The van der Waals surface area contributed by atoms with Crippen molar-refractivity contribution in [3.05, 3.63) is 5.89 Å². The quantitative estimate of drug-likeness (QED) is 0.806. The number of rotatable bonds is 6. The van der Waals surface area contributed by atoms with Gasteiger partial charge in [-0.3, -0.25) is 0 Å². The molecule has 8 nitrogen and oxygen atoms in total. The van der Waals surface area contributed by atoms with Crippen LogP contribution in [0.2, 0.25) is 0 Å². The third-order valence-corrected chi connectivity index (χ3v) is 3.29. The lowest BCUT2D eigenvalue weighted by Crippen LogP contribution is -2.40. The minimum atomic E-state index is -3.55. The average Bonchev–Trinajstić information content (AvgIpc) is 2.82. The highest BCUT2D eigenvalue weighted by Gasteiger charge is 2.26. The largest absolute Gasteiger partial charge is 0.410 e. The van der Waals surface area contributed by atoms with Gasteiger partial charge in [0, 0.05) is 12.8 Å². The topological polar surface area (TPSA) is 114 Å². The molecule has 0 radical (unpaired) electrons. The Kier molecular flexibility index (Phi) is 5.49. The third-order valence-electron chi connectivity index (χ3n) is 2.49. The maximum Gasteiger partial charge on any atom is 0.335 e. The van der Waals surface area contributed by atoms with Crippen LogP contribution in [0.15, 0.2) is 9.64 Å². The Morgan fingerprint density at radius 3 is 2.45 bits per heavy atom. The van der Waals surface area contributed by atoms with Crippen molar-refractivity contribution in [3.8, 4) is 0 Å². The summed E-state index contributed by atoms with van der Waals surface area (Å²) in [6, 6.07) is -0.903. The Morgan fingerprint density at radius 2 is 2.00 bits per heavy atom. The van der Waals surface area contributed by atoms with Crippen LogP contribution in [0.3, 0.4) is 0 Å². The van der Waals surface area contributed by atoms with Crippen molar-refractivity contribution in [2.75, 3.05) is 12.8 Å². The van der Waals surface area contributed by atoms with E-state index in [1.165, 1.54) is 0 Å². The number of nitrogens with one attached hydrogen (secondary N) is 2. The van der Waals surface area contributed by atoms with E-state index in [0.717, 1.165) is 12.7 Å². The van der Waals surface area contributed by atoms with Crippen molar-refractivity contribution >= 4 is 15.9 Å². The highest BCUT2D eigenvalue weighted by Crippen LogP contribution is 2.21. The summed E-state index contributed by atoms with van der Waals surface area (Å²) >= 11 is 0. The molecule has 0 saturated carbocycles. The molecule has 0 aliphatic heterocycles. The standard InChI is InChI=1S/C11H20N4O4S/c1-5-6-12-10(16)13-8(7(2)3)9-14-15-11(19-9)20(4,17)18/h7-8H,5-6H2,1-4H3,(H2,12,13,16)/t8-/m0/s1. The molecule has 0 aliphatic rings. The maximum absolute atomic E-state index is 11.7. The number of hydrogen-bond acceptors (Lipinski definition) is 6. The number of sulfone groups is 1. The van der Waals surface area contributed by atoms with Crippen molar-refractivity contribution in [2.24, 2.45) is 5.92 Å². The zero-order chi connectivity index (χ0) is 15.3. The molecule has 1 atom stereocenters. The fourth-order valence-corrected chi connectivity index (χ4v) is 1.87. The van der Waals surface area contributed by atoms with E-state index in [9.17, 15) is 13.2 Å². The van der Waals surface area contributed by atoms with Gasteiger partial charge in [0.1, 0.15) is 6.04 Å². The molecular weight excluding hydrogens is 284 g/mol. The van der Waals surface area contributed by atoms with E-state index in [1.807, 2.05) is 20.8 Å². The Labute approximate surface area is 118 Å². The van der Waals surface area contributed by atoms with Crippen LogP contribution in [-0.4, -0.2) is 37.4 Å². The summed E-state index contributed by atoms with van der Waals surface area (Å²) in [5.74, 6) is 0.0438. The van der Waals surface area contributed by atoms with Crippen LogP contribution in [0.4, 0.5) is 4.79 Å². The molecule has 1 aromatic rings. The van der Waals surface area contributed by atoms with Gasteiger partial charge in [-0.25, -0.2) is 13.2 Å². The summed E-state index contributed by atoms with van der Waals surface area (Å²) in [4.78, 5) is 11.7. The highest BCUT2D eigenvalue weighted by molar-refractivity contribution is 7.90. The number of hydrogen-bond donors (Lipinski definition) is 2. The van der Waals surface area contributed by atoms with Gasteiger partial charge in [-0.15, -0.1) is 5.10 Å². The summed E-state index contributed by atoms with van der Waals surface area (Å²) in [6.07, 6.45) is 1.80. The first-order chi connectivity index (χ1) is 9.25. The monoisotopic (exact) mass is 304 g/mol. The number of aromatic nitrogens is 2. The number of amides is 2. The minimum Gasteiger partial charge on any atom is -0.410 e. The molecule has 0 unspecified atom stereocenters. The van der Waals surface area contributed by atoms with Gasteiger partial charge < -0.3 is 15.1 Å². The molecule has 0 aliphatic carbocycles. The molecule has 0 bridgehead atoms. The lowest BCUT2D eigenvalue weighted by molar-refractivity contribution is 0.226. The second-order valence-electron chi connectivity index (χ2n) is 4.80. The van der Waals surface area contributed by atoms with E-state index < -0.39 is 21.1 Å². The van der Waals surface area contributed by atoms with Crippen LogP contribution in [0.5, 0.6) is 0 Å². The second-order valence-corrected chi connectivity index (χ2v) is 6.69. The molecule has 0 spiro atoms. The Hall–Kier alpha value is -1.64. The van der Waals surface area contributed by atoms with Crippen molar-refractivity contribution in [2.45, 2.75) is 38.5 Å². The summed E-state index contributed by atoms with van der Waals surface area (Å²) < 4.78 is 27.7. The number of urea groups is 1. The van der Waals surface area contributed by atoms with E-state index in [0.29, 0.717) is 6.54 Å². The van der Waals surface area contributed by atoms with Gasteiger partial charge in [0.25, 0.3) is 0 Å². The van der Waals surface area contributed by atoms with Gasteiger partial charge in [-0.05, 0) is 12.3 Å². The van der Waals surface area contributed by atoms with Gasteiger partial charge in [0.15, 0.2) is 0 Å². The van der Waals surface area contributed by atoms with E-state index in [-0.39, 0.29) is 17.8 Å². The Bertz CT molecular complexity index is 553. The maximum atomic E-state index is 11.7. The summed E-state index contributed by atoms with van der Waals surface area (Å²) in [5.41, 5.74) is 0. The zero-order valence-corrected chi connectivity index (χ0v) is 12.8. The van der Waals surface area contributed by atoms with E-state index in [1.54, 1.807) is 0 Å². The lowest BCUT2D eigenvalue weighted by atomic mass is 10.1. The molecule has 2 amide bonds. The molecule has 0 fully saturated rings. The molecule has 0 saturated heterocycles. The number of carbonyl (C=O) groups is 1. The number of nitrogens with zero attached hydrogens (tertiary/aromatic N) is 2. The average molecular weight is 304 g/mol. The van der Waals surface area contributed by atoms with Crippen LogP contribution in [0.25, 0.3) is 0 Å². The van der Waals surface area contributed by atoms with Crippen LogP contribution in [0.1, 0.15) is 39.1 Å². The van der Waals surface area contributed by atoms with Crippen LogP contribution in [0, 0.1) is 5.92 Å². The summed E-state index contributed by atoms with van der Waals surface area (Å²) in [6.45, 7) is 6.20. The van der Waals surface area contributed by atoms with E-state index in [2.05, 4.69) is 20.8 Å². The molecule has 1 rings (SSSR count). The Balaban J connectivity index is 2.86. The van der Waals surface area contributed by atoms with Crippen LogP contribution >= 0.6 is 0 Å². The first-order valence-corrected chi connectivity index (χ1v) is 8.22. The molecular formula is C11H20N4O4S. The molecule has 1 heterocycles. The van der Waals surface area contributed by atoms with Crippen molar-refractivity contribution in [1.82, 2.24) is 20.8 Å². The van der Waals surface area contributed by atoms with Gasteiger partial charge in [0.2, 0.25) is 15.7 Å². The van der Waals surface area contributed by atoms with E-state index >= 15 is 0 Å². The van der Waals surface area contributed by atoms with Crippen molar-refractivity contribution in [1.29, 1.82) is 0 Å². The van der Waals surface area contributed by atoms with Gasteiger partial charge >= 0.3 is 11.3 Å². The molecule has 0 aromatic carbocycles. The zero-order valence-electron chi connectivity index (χ0n) is 12.0. The Morgan fingerprint density at radius 1 is 1.35 bits per heavy atom. The molecule has 9 heteroatoms. The molecule has 114 valence electrons. The van der Waals surface area contributed by atoms with Crippen LogP contribution in [-0.2, 0) is 9.84 Å². The molecule has 1 aromatic heterocycles. The van der Waals surface area contributed by atoms with Gasteiger partial charge in [-0.1, -0.05) is 25.9 Å². The first kappa shape index (κ1) is 16.4. The minimum absolute atomic E-state index is 0.0322. The normalized spacial score (nSPS) is 13.2. The van der Waals surface area contributed by atoms with Crippen LogP contribution < -0.4 is 10.6 Å². The van der Waals surface area contributed by atoms with Gasteiger partial charge in [-0.2, -0.15) is 0 Å². The lowest BCUT2D eigenvalue weighted by Gasteiger charge is -2.18. The molecule has 2 N–H and O–H groups in total. The second kappa shape index (κ2) is 6.69. The van der Waals surface area contributed by atoms with Gasteiger partial charge in [0.05, 0.1) is 0 Å². The van der Waals surface area contributed by atoms with Crippen molar-refractivity contribution in [3.63, 3.8) is 0 Å². The SMILES string of the molecule is CCCNC(=O)N[C@H](c1nnc(S(C)(=O)=O)o1)C(C)C. The smallest absolute Gasteiger partial charge is 0.335 e. The summed E-state index contributed by atoms with van der Waals surface area (Å²) in [5, 5.41) is 12.1. The summed E-state index contributed by atoms with van der Waals surface area (Å²) in [7, 11) is -3.55. The third kappa shape index (κ3) is 4.48. The highest BCUT2D eigenvalue weighted by atomic mass is 32.2.